The highest BCUT2D eigenvalue weighted by molar-refractivity contribution is 8.15. The Bertz CT molecular complexity index is 1210. The molecule has 0 bridgehead atoms. The van der Waals surface area contributed by atoms with Crippen LogP contribution < -0.4 is 10.0 Å². The molecule has 3 heterocycles. The summed E-state index contributed by atoms with van der Waals surface area (Å²) in [4.78, 5) is 19.0. The molecule has 1 aliphatic heterocycles. The van der Waals surface area contributed by atoms with Crippen molar-refractivity contribution in [1.29, 1.82) is 0 Å². The van der Waals surface area contributed by atoms with Crippen LogP contribution in [0.1, 0.15) is 17.7 Å². The van der Waals surface area contributed by atoms with E-state index in [4.69, 9.17) is 5.73 Å². The summed E-state index contributed by atoms with van der Waals surface area (Å²) in [7, 11) is -2.08. The SMILES string of the molecule is Cc1cc(N(C)S(=O)(=O)c2cccs2)c2[nH]c(C3=NCC(CC(N)=O)S3)cc2c1. The number of benzene rings is 1. The van der Waals surface area contributed by atoms with Crippen molar-refractivity contribution < 1.29 is 13.2 Å². The summed E-state index contributed by atoms with van der Waals surface area (Å²) in [5.74, 6) is -0.339. The summed E-state index contributed by atoms with van der Waals surface area (Å²) < 4.78 is 27.6. The molecule has 10 heteroatoms. The Labute approximate surface area is 177 Å². The maximum atomic E-state index is 13.0. The highest BCUT2D eigenvalue weighted by Gasteiger charge is 2.27. The summed E-state index contributed by atoms with van der Waals surface area (Å²) in [5.41, 5.74) is 8.38. The Kier molecular flexibility index (Phi) is 5.18. The summed E-state index contributed by atoms with van der Waals surface area (Å²) >= 11 is 2.71. The molecule has 29 heavy (non-hydrogen) atoms. The van der Waals surface area contributed by atoms with Crippen LogP contribution in [0, 0.1) is 6.92 Å². The maximum Gasteiger partial charge on any atom is 0.273 e. The number of H-pyrrole nitrogens is 1. The van der Waals surface area contributed by atoms with Crippen molar-refractivity contribution in [1.82, 2.24) is 4.98 Å². The van der Waals surface area contributed by atoms with Gasteiger partial charge in [0.2, 0.25) is 5.91 Å². The Morgan fingerprint density at radius 3 is 2.86 bits per heavy atom. The molecule has 0 aliphatic carbocycles. The van der Waals surface area contributed by atoms with Crippen LogP contribution in [0.15, 0.2) is 44.9 Å². The fraction of sp³-hybridized carbons (Fsp3) is 0.263. The third kappa shape index (κ3) is 3.79. The third-order valence-electron chi connectivity index (χ3n) is 4.68. The molecule has 0 radical (unpaired) electrons. The smallest absolute Gasteiger partial charge is 0.273 e. The van der Waals surface area contributed by atoms with Gasteiger partial charge in [0.25, 0.3) is 10.0 Å². The van der Waals surface area contributed by atoms with Gasteiger partial charge in [-0.15, -0.1) is 11.3 Å². The Hall–Kier alpha value is -2.30. The first-order valence-corrected chi connectivity index (χ1v) is 12.1. The zero-order valence-electron chi connectivity index (χ0n) is 15.9. The van der Waals surface area contributed by atoms with E-state index in [0.717, 1.165) is 27.2 Å². The summed E-state index contributed by atoms with van der Waals surface area (Å²) in [6.45, 7) is 2.47. The lowest BCUT2D eigenvalue weighted by molar-refractivity contribution is -0.117. The van der Waals surface area contributed by atoms with Gasteiger partial charge in [-0.2, -0.15) is 0 Å². The number of thiophene rings is 1. The number of fused-ring (bicyclic) bond motifs is 1. The summed E-state index contributed by atoms with van der Waals surface area (Å²) in [5, 5.41) is 3.50. The van der Waals surface area contributed by atoms with Crippen molar-refractivity contribution in [3.8, 4) is 0 Å². The second-order valence-corrected chi connectivity index (χ2v) is 11.3. The predicted octanol–water partition coefficient (Wildman–Crippen LogP) is 3.10. The molecule has 1 atom stereocenters. The lowest BCUT2D eigenvalue weighted by Gasteiger charge is -2.20. The maximum absolute atomic E-state index is 13.0. The van der Waals surface area contributed by atoms with E-state index in [1.54, 1.807) is 24.6 Å². The number of nitrogens with one attached hydrogen (secondary N) is 1. The standard InChI is InChI=1S/C19H20N4O3S3/c1-11-6-12-8-14(19-21-10-13(28-19)9-16(20)24)22-18(12)15(7-11)23(2)29(25,26)17-4-3-5-27-17/h3-8,13,22H,9-10H2,1-2H3,(H2,20,24). The molecule has 0 saturated heterocycles. The Morgan fingerprint density at radius 2 is 2.17 bits per heavy atom. The largest absolute Gasteiger partial charge is 0.370 e. The van der Waals surface area contributed by atoms with Gasteiger partial charge in [0.05, 0.1) is 23.4 Å². The number of aromatic nitrogens is 1. The van der Waals surface area contributed by atoms with E-state index in [0.29, 0.717) is 16.4 Å². The zero-order valence-corrected chi connectivity index (χ0v) is 18.3. The van der Waals surface area contributed by atoms with Gasteiger partial charge in [0, 0.05) is 24.1 Å². The van der Waals surface area contributed by atoms with Crippen molar-refractivity contribution in [2.24, 2.45) is 10.7 Å². The second-order valence-electron chi connectivity index (χ2n) is 6.89. The summed E-state index contributed by atoms with van der Waals surface area (Å²) in [6.07, 6.45) is 0.282. The topological polar surface area (TPSA) is 109 Å². The van der Waals surface area contributed by atoms with Gasteiger partial charge in [-0.05, 0) is 42.1 Å². The highest BCUT2D eigenvalue weighted by Crippen LogP contribution is 2.35. The van der Waals surface area contributed by atoms with Crippen LogP contribution in [-0.2, 0) is 14.8 Å². The molecule has 4 rings (SSSR count). The quantitative estimate of drug-likeness (QED) is 0.604. The van der Waals surface area contributed by atoms with Crippen LogP contribution in [0.4, 0.5) is 5.69 Å². The number of carbonyl (C=O) groups is 1. The number of nitrogens with two attached hydrogens (primary N) is 1. The number of anilines is 1. The number of hydrogen-bond donors (Lipinski definition) is 2. The number of carbonyl (C=O) groups excluding carboxylic acids is 1. The first-order chi connectivity index (χ1) is 13.8. The molecular weight excluding hydrogens is 428 g/mol. The van der Waals surface area contributed by atoms with Crippen LogP contribution in [0.2, 0.25) is 0 Å². The predicted molar refractivity (Wildman–Crippen MR) is 120 cm³/mol. The number of nitrogens with zero attached hydrogens (tertiary/aromatic N) is 2. The number of aromatic amines is 1. The van der Waals surface area contributed by atoms with E-state index in [9.17, 15) is 13.2 Å². The lowest BCUT2D eigenvalue weighted by atomic mass is 10.1. The zero-order chi connectivity index (χ0) is 20.8. The van der Waals surface area contributed by atoms with Crippen molar-refractivity contribution in [2.75, 3.05) is 17.9 Å². The Balaban J connectivity index is 1.72. The van der Waals surface area contributed by atoms with Gasteiger partial charge in [0.15, 0.2) is 0 Å². The summed E-state index contributed by atoms with van der Waals surface area (Å²) in [6, 6.07) is 9.16. The second kappa shape index (κ2) is 7.51. The van der Waals surface area contributed by atoms with E-state index in [-0.39, 0.29) is 17.6 Å². The van der Waals surface area contributed by atoms with E-state index in [1.165, 1.54) is 27.4 Å². The van der Waals surface area contributed by atoms with Gasteiger partial charge in [-0.1, -0.05) is 17.8 Å². The average Bonchev–Trinajstić information content (AvgIpc) is 3.39. The molecule has 1 amide bonds. The number of aliphatic imine (C=N–C) groups is 1. The number of thioether (sulfide) groups is 1. The average molecular weight is 449 g/mol. The molecule has 7 nitrogen and oxygen atoms in total. The number of aryl methyl sites for hydroxylation is 1. The van der Waals surface area contributed by atoms with E-state index in [1.807, 2.05) is 25.1 Å². The lowest BCUT2D eigenvalue weighted by Crippen LogP contribution is -2.26. The molecule has 1 aliphatic rings. The van der Waals surface area contributed by atoms with Gasteiger partial charge in [-0.3, -0.25) is 14.1 Å². The normalized spacial score (nSPS) is 16.9. The van der Waals surface area contributed by atoms with E-state index < -0.39 is 10.0 Å². The highest BCUT2D eigenvalue weighted by atomic mass is 32.2. The van der Waals surface area contributed by atoms with Gasteiger partial charge >= 0.3 is 0 Å². The molecule has 3 aromatic rings. The van der Waals surface area contributed by atoms with Gasteiger partial charge in [0.1, 0.15) is 9.25 Å². The monoisotopic (exact) mass is 448 g/mol. The van der Waals surface area contributed by atoms with Crippen LogP contribution in [0.5, 0.6) is 0 Å². The van der Waals surface area contributed by atoms with Gasteiger partial charge in [-0.25, -0.2) is 8.42 Å². The van der Waals surface area contributed by atoms with Crippen LogP contribution in [0.3, 0.4) is 0 Å². The minimum atomic E-state index is -3.64. The van der Waals surface area contributed by atoms with E-state index in [2.05, 4.69) is 9.98 Å². The van der Waals surface area contributed by atoms with Crippen LogP contribution in [-0.4, -0.2) is 43.2 Å². The van der Waals surface area contributed by atoms with Crippen molar-refractivity contribution in [2.45, 2.75) is 22.8 Å². The molecule has 0 spiro atoms. The first kappa shape index (κ1) is 20.0. The number of sulfonamides is 1. The van der Waals surface area contributed by atoms with Crippen molar-refractivity contribution >= 4 is 60.7 Å². The van der Waals surface area contributed by atoms with Crippen LogP contribution in [0.25, 0.3) is 10.9 Å². The number of rotatable bonds is 6. The minimum Gasteiger partial charge on any atom is -0.370 e. The Morgan fingerprint density at radius 1 is 1.38 bits per heavy atom. The molecule has 2 aromatic heterocycles. The fourth-order valence-corrected chi connectivity index (χ4v) is 6.76. The van der Waals surface area contributed by atoms with Crippen molar-refractivity contribution in [3.63, 3.8) is 0 Å². The first-order valence-electron chi connectivity index (χ1n) is 8.91. The fourth-order valence-electron chi connectivity index (χ4n) is 3.31. The molecule has 152 valence electrons. The molecule has 1 unspecified atom stereocenters. The molecule has 1 aromatic carbocycles. The number of primary amides is 1. The van der Waals surface area contributed by atoms with Gasteiger partial charge < -0.3 is 10.7 Å². The van der Waals surface area contributed by atoms with Crippen molar-refractivity contribution in [3.05, 3.63) is 47.0 Å². The molecule has 0 saturated carbocycles. The van der Waals surface area contributed by atoms with Crippen LogP contribution >= 0.6 is 23.1 Å². The molecular formula is C19H20N4O3S3. The molecule has 3 N–H and O–H groups in total. The minimum absolute atomic E-state index is 0.0389. The molecule has 0 fully saturated rings. The van der Waals surface area contributed by atoms with E-state index >= 15 is 0 Å². The number of hydrogen-bond acceptors (Lipinski definition) is 6. The third-order valence-corrected chi connectivity index (χ3v) is 9.04. The number of amides is 1.